The quantitative estimate of drug-likeness (QED) is 0.793. The fourth-order valence-corrected chi connectivity index (χ4v) is 3.85. The van der Waals surface area contributed by atoms with E-state index in [0.29, 0.717) is 43.8 Å². The first-order chi connectivity index (χ1) is 13.2. The van der Waals surface area contributed by atoms with Gasteiger partial charge in [-0.05, 0) is 36.5 Å². The number of benzene rings is 1. The molecule has 1 aliphatic heterocycles. The number of nitrogens with zero attached hydrogens (tertiary/aromatic N) is 1. The second kappa shape index (κ2) is 9.95. The molecule has 6 nitrogen and oxygen atoms in total. The summed E-state index contributed by atoms with van der Waals surface area (Å²) in [5.41, 5.74) is 1.16. The minimum absolute atomic E-state index is 0.0163. The SMILES string of the molecule is COc1cc(CNC2CCCCC2C)ccc1OCC(=O)N1CCOCC1. The Balaban J connectivity index is 1.53. The van der Waals surface area contributed by atoms with Crippen LogP contribution in [-0.4, -0.2) is 56.9 Å². The Bertz CT molecular complexity index is 616. The summed E-state index contributed by atoms with van der Waals surface area (Å²) in [4.78, 5) is 14.0. The van der Waals surface area contributed by atoms with Gasteiger partial charge in [0, 0.05) is 25.7 Å². The molecule has 27 heavy (non-hydrogen) atoms. The second-order valence-corrected chi connectivity index (χ2v) is 7.52. The number of methoxy groups -OCH3 is 1. The Labute approximate surface area is 162 Å². The highest BCUT2D eigenvalue weighted by Gasteiger charge is 2.21. The van der Waals surface area contributed by atoms with Crippen LogP contribution in [0, 0.1) is 5.92 Å². The molecule has 0 aromatic heterocycles. The van der Waals surface area contributed by atoms with Crippen molar-refractivity contribution in [2.75, 3.05) is 40.0 Å². The van der Waals surface area contributed by atoms with Gasteiger partial charge in [0.15, 0.2) is 18.1 Å². The van der Waals surface area contributed by atoms with Gasteiger partial charge in [0.05, 0.1) is 20.3 Å². The average Bonchev–Trinajstić information content (AvgIpc) is 2.72. The first-order valence-electron chi connectivity index (χ1n) is 10.1. The Hall–Kier alpha value is -1.79. The normalized spacial score (nSPS) is 23.1. The largest absolute Gasteiger partial charge is 0.493 e. The van der Waals surface area contributed by atoms with Gasteiger partial charge in [-0.15, -0.1) is 0 Å². The molecule has 1 heterocycles. The van der Waals surface area contributed by atoms with Crippen LogP contribution in [0.3, 0.4) is 0 Å². The number of carbonyl (C=O) groups excluding carboxylic acids is 1. The van der Waals surface area contributed by atoms with Crippen molar-refractivity contribution in [1.29, 1.82) is 0 Å². The van der Waals surface area contributed by atoms with Gasteiger partial charge < -0.3 is 24.4 Å². The van der Waals surface area contributed by atoms with Crippen LogP contribution in [0.4, 0.5) is 0 Å². The van der Waals surface area contributed by atoms with Crippen LogP contribution in [0.1, 0.15) is 38.2 Å². The zero-order chi connectivity index (χ0) is 19.1. The smallest absolute Gasteiger partial charge is 0.260 e. The lowest BCUT2D eigenvalue weighted by Gasteiger charge is -2.29. The summed E-state index contributed by atoms with van der Waals surface area (Å²) in [6.07, 6.45) is 5.23. The third-order valence-electron chi connectivity index (χ3n) is 5.62. The molecule has 1 N–H and O–H groups in total. The lowest BCUT2D eigenvalue weighted by molar-refractivity contribution is -0.137. The number of hydrogen-bond acceptors (Lipinski definition) is 5. The van der Waals surface area contributed by atoms with E-state index in [2.05, 4.69) is 12.2 Å². The maximum absolute atomic E-state index is 12.2. The Morgan fingerprint density at radius 1 is 1.22 bits per heavy atom. The van der Waals surface area contributed by atoms with Crippen molar-refractivity contribution in [3.8, 4) is 11.5 Å². The third-order valence-corrected chi connectivity index (χ3v) is 5.62. The molecule has 1 amide bonds. The number of hydrogen-bond donors (Lipinski definition) is 1. The molecule has 6 heteroatoms. The molecule has 2 atom stereocenters. The molecule has 0 bridgehead atoms. The zero-order valence-electron chi connectivity index (χ0n) is 16.5. The van der Waals surface area contributed by atoms with Crippen LogP contribution in [-0.2, 0) is 16.1 Å². The number of morpholine rings is 1. The van der Waals surface area contributed by atoms with Gasteiger partial charge in [-0.2, -0.15) is 0 Å². The lowest BCUT2D eigenvalue weighted by atomic mass is 9.86. The topological polar surface area (TPSA) is 60.0 Å². The molecule has 0 radical (unpaired) electrons. The van der Waals surface area contributed by atoms with Gasteiger partial charge in [-0.25, -0.2) is 0 Å². The Morgan fingerprint density at radius 3 is 2.74 bits per heavy atom. The van der Waals surface area contributed by atoms with Crippen molar-refractivity contribution < 1.29 is 19.0 Å². The van der Waals surface area contributed by atoms with Gasteiger partial charge in [0.2, 0.25) is 0 Å². The molecule has 2 aliphatic rings. The number of nitrogens with one attached hydrogen (secondary N) is 1. The standard InChI is InChI=1S/C21H32N2O4/c1-16-5-3-4-6-18(16)22-14-17-7-8-19(20(13-17)25-2)27-15-21(24)23-9-11-26-12-10-23/h7-8,13,16,18,22H,3-6,9-12,14-15H2,1-2H3. The summed E-state index contributed by atoms with van der Waals surface area (Å²) in [6, 6.07) is 6.52. The van der Waals surface area contributed by atoms with E-state index in [4.69, 9.17) is 14.2 Å². The van der Waals surface area contributed by atoms with E-state index >= 15 is 0 Å². The molecule has 0 spiro atoms. The highest BCUT2D eigenvalue weighted by Crippen LogP contribution is 2.29. The second-order valence-electron chi connectivity index (χ2n) is 7.52. The molecule has 1 saturated carbocycles. The molecule has 1 aliphatic carbocycles. The predicted octanol–water partition coefficient (Wildman–Crippen LogP) is 2.60. The van der Waals surface area contributed by atoms with Crippen molar-refractivity contribution >= 4 is 5.91 Å². The first-order valence-corrected chi connectivity index (χ1v) is 10.1. The third kappa shape index (κ3) is 5.59. The maximum atomic E-state index is 12.2. The molecular weight excluding hydrogens is 344 g/mol. The molecule has 2 fully saturated rings. The van der Waals surface area contributed by atoms with E-state index in [9.17, 15) is 4.79 Å². The number of ether oxygens (including phenoxy) is 3. The van der Waals surface area contributed by atoms with Crippen molar-refractivity contribution in [3.05, 3.63) is 23.8 Å². The van der Waals surface area contributed by atoms with Crippen LogP contribution in [0.2, 0.25) is 0 Å². The fraction of sp³-hybridized carbons (Fsp3) is 0.667. The van der Waals surface area contributed by atoms with Crippen molar-refractivity contribution in [1.82, 2.24) is 10.2 Å². The zero-order valence-corrected chi connectivity index (χ0v) is 16.5. The van der Waals surface area contributed by atoms with Crippen LogP contribution in [0.25, 0.3) is 0 Å². The van der Waals surface area contributed by atoms with Crippen molar-refractivity contribution in [2.45, 2.75) is 45.2 Å². The van der Waals surface area contributed by atoms with E-state index in [1.54, 1.807) is 12.0 Å². The van der Waals surface area contributed by atoms with E-state index in [-0.39, 0.29) is 12.5 Å². The van der Waals surface area contributed by atoms with Crippen LogP contribution in [0.15, 0.2) is 18.2 Å². The van der Waals surface area contributed by atoms with Crippen LogP contribution >= 0.6 is 0 Å². The number of amides is 1. The number of rotatable bonds is 7. The molecular formula is C21H32N2O4. The molecule has 150 valence electrons. The summed E-state index contributed by atoms with van der Waals surface area (Å²) in [7, 11) is 1.63. The molecule has 3 rings (SSSR count). The summed E-state index contributed by atoms with van der Waals surface area (Å²) >= 11 is 0. The molecule has 2 unspecified atom stereocenters. The summed E-state index contributed by atoms with van der Waals surface area (Å²) < 4.78 is 16.5. The van der Waals surface area contributed by atoms with E-state index < -0.39 is 0 Å². The summed E-state index contributed by atoms with van der Waals surface area (Å²) in [5, 5.41) is 3.68. The predicted molar refractivity (Wildman–Crippen MR) is 104 cm³/mol. The minimum Gasteiger partial charge on any atom is -0.493 e. The summed E-state index contributed by atoms with van der Waals surface area (Å²) in [5.74, 6) is 1.99. The molecule has 1 saturated heterocycles. The van der Waals surface area contributed by atoms with Gasteiger partial charge in [0.25, 0.3) is 5.91 Å². The fourth-order valence-electron chi connectivity index (χ4n) is 3.85. The molecule has 1 aromatic carbocycles. The lowest BCUT2D eigenvalue weighted by Crippen LogP contribution is -2.43. The number of carbonyl (C=O) groups is 1. The van der Waals surface area contributed by atoms with Crippen LogP contribution < -0.4 is 14.8 Å². The minimum atomic E-state index is -0.0163. The molecule has 1 aromatic rings. The Morgan fingerprint density at radius 2 is 2.00 bits per heavy atom. The summed E-state index contributed by atoms with van der Waals surface area (Å²) in [6.45, 7) is 5.62. The van der Waals surface area contributed by atoms with Gasteiger partial charge in [-0.1, -0.05) is 25.8 Å². The Kier molecular flexibility index (Phi) is 7.35. The van der Waals surface area contributed by atoms with Crippen molar-refractivity contribution in [3.63, 3.8) is 0 Å². The van der Waals surface area contributed by atoms with E-state index in [0.717, 1.165) is 18.0 Å². The highest BCUT2D eigenvalue weighted by molar-refractivity contribution is 5.78. The average molecular weight is 376 g/mol. The van der Waals surface area contributed by atoms with Crippen molar-refractivity contribution in [2.24, 2.45) is 5.92 Å². The highest BCUT2D eigenvalue weighted by atomic mass is 16.5. The van der Waals surface area contributed by atoms with E-state index in [1.807, 2.05) is 18.2 Å². The van der Waals surface area contributed by atoms with Crippen LogP contribution in [0.5, 0.6) is 11.5 Å². The monoisotopic (exact) mass is 376 g/mol. The maximum Gasteiger partial charge on any atom is 0.260 e. The first kappa shape index (κ1) is 20.0. The van der Waals surface area contributed by atoms with E-state index in [1.165, 1.54) is 25.7 Å². The van der Waals surface area contributed by atoms with Gasteiger partial charge >= 0.3 is 0 Å². The van der Waals surface area contributed by atoms with Gasteiger partial charge in [0.1, 0.15) is 0 Å². The van der Waals surface area contributed by atoms with Gasteiger partial charge in [-0.3, -0.25) is 4.79 Å².